The third kappa shape index (κ3) is 2.67. The quantitative estimate of drug-likeness (QED) is 0.428. The monoisotopic (exact) mass is 506 g/mol. The van der Waals surface area contributed by atoms with Crippen LogP contribution in [0.25, 0.3) is 16.6 Å². The average Bonchev–Trinajstić information content (AvgIpc) is 3.52. The summed E-state index contributed by atoms with van der Waals surface area (Å²) in [5.74, 6) is -1.11. The highest BCUT2D eigenvalue weighted by Crippen LogP contribution is 2.56. The molecule has 2 saturated heterocycles. The molecule has 4 heterocycles. The van der Waals surface area contributed by atoms with Crippen molar-refractivity contribution in [3.8, 4) is 11.4 Å². The molecule has 0 radical (unpaired) electrons. The SMILES string of the molecule is COc1ccccc1N1C(=O)[C@@H]2[C@H](C(C)C)N[C@]3(c4ccccc4-n4c3nc3ccccc3c4=O)[C@H]2C1=O. The third-order valence-electron chi connectivity index (χ3n) is 8.34. The number of aromatic nitrogens is 2. The van der Waals surface area contributed by atoms with Gasteiger partial charge in [0.2, 0.25) is 11.8 Å². The van der Waals surface area contributed by atoms with Gasteiger partial charge in [-0.25, -0.2) is 9.88 Å². The van der Waals surface area contributed by atoms with E-state index in [1.807, 2.05) is 56.3 Å². The van der Waals surface area contributed by atoms with Crippen LogP contribution in [0.5, 0.6) is 5.75 Å². The molecule has 4 aromatic rings. The van der Waals surface area contributed by atoms with Gasteiger partial charge in [-0.3, -0.25) is 24.3 Å². The summed E-state index contributed by atoms with van der Waals surface area (Å²) >= 11 is 0. The van der Waals surface area contributed by atoms with Gasteiger partial charge in [0.15, 0.2) is 0 Å². The summed E-state index contributed by atoms with van der Waals surface area (Å²) in [7, 11) is 1.52. The van der Waals surface area contributed by atoms with Gasteiger partial charge in [0, 0.05) is 11.6 Å². The fraction of sp³-hybridized carbons (Fsp3) is 0.267. The summed E-state index contributed by atoms with van der Waals surface area (Å²) in [5, 5.41) is 4.21. The first-order valence-electron chi connectivity index (χ1n) is 12.8. The number of carbonyl (C=O) groups is 2. The smallest absolute Gasteiger partial charge is 0.266 e. The molecule has 2 amide bonds. The summed E-state index contributed by atoms with van der Waals surface area (Å²) in [5.41, 5.74) is 1.09. The van der Waals surface area contributed by atoms with E-state index in [-0.39, 0.29) is 29.3 Å². The number of imide groups is 1. The Morgan fingerprint density at radius 1 is 0.895 bits per heavy atom. The van der Waals surface area contributed by atoms with Crippen molar-refractivity contribution in [2.75, 3.05) is 12.0 Å². The van der Waals surface area contributed by atoms with Crippen LogP contribution < -0.4 is 20.5 Å². The molecule has 0 saturated carbocycles. The standard InChI is InChI=1S/C30H26N4O4/c1-16(2)25-23-24(28(37)33(27(23)36)21-14-8-9-15-22(21)38-3)30(32-25)18-11-5-7-13-20(18)34-26(35)17-10-4-6-12-19(17)31-29(30)34/h4-16,23-25,32H,1-3H3/t23-,24+,25-,30+/m0/s1. The first kappa shape index (κ1) is 22.9. The van der Waals surface area contributed by atoms with Crippen LogP contribution in [0.15, 0.2) is 77.6 Å². The Kier molecular flexibility index (Phi) is 4.72. The van der Waals surface area contributed by atoms with Gasteiger partial charge in [-0.1, -0.05) is 56.3 Å². The minimum absolute atomic E-state index is 0.0321. The topological polar surface area (TPSA) is 93.5 Å². The number of para-hydroxylation sites is 4. The molecule has 0 aliphatic carbocycles. The zero-order chi connectivity index (χ0) is 26.3. The lowest BCUT2D eigenvalue weighted by atomic mass is 9.75. The second kappa shape index (κ2) is 7.85. The number of benzene rings is 3. The lowest BCUT2D eigenvalue weighted by Gasteiger charge is -2.32. The Hall–Kier alpha value is -4.30. The van der Waals surface area contributed by atoms with Gasteiger partial charge in [-0.2, -0.15) is 0 Å². The van der Waals surface area contributed by atoms with Crippen molar-refractivity contribution in [2.24, 2.45) is 17.8 Å². The molecule has 3 aliphatic rings. The normalized spacial score (nSPS) is 25.4. The van der Waals surface area contributed by atoms with Crippen LogP contribution in [0.2, 0.25) is 0 Å². The molecule has 3 aromatic carbocycles. The van der Waals surface area contributed by atoms with Crippen molar-refractivity contribution in [3.63, 3.8) is 0 Å². The van der Waals surface area contributed by atoms with Crippen LogP contribution in [-0.4, -0.2) is 34.5 Å². The fourth-order valence-electron chi connectivity index (χ4n) is 6.78. The van der Waals surface area contributed by atoms with Gasteiger partial charge < -0.3 is 4.74 Å². The Bertz CT molecular complexity index is 1730. The summed E-state index contributed by atoms with van der Waals surface area (Å²) in [6, 6.07) is 21.6. The van der Waals surface area contributed by atoms with Crippen molar-refractivity contribution in [2.45, 2.75) is 25.4 Å². The van der Waals surface area contributed by atoms with E-state index in [0.29, 0.717) is 33.9 Å². The van der Waals surface area contributed by atoms with Crippen molar-refractivity contribution < 1.29 is 14.3 Å². The predicted molar refractivity (Wildman–Crippen MR) is 142 cm³/mol. The molecule has 7 rings (SSSR count). The highest BCUT2D eigenvalue weighted by molar-refractivity contribution is 6.24. The van der Waals surface area contributed by atoms with Crippen molar-refractivity contribution >= 4 is 28.4 Å². The van der Waals surface area contributed by atoms with Gasteiger partial charge in [0.1, 0.15) is 17.1 Å². The first-order chi connectivity index (χ1) is 18.4. The van der Waals surface area contributed by atoms with Gasteiger partial charge in [0.25, 0.3) is 5.56 Å². The van der Waals surface area contributed by atoms with E-state index in [0.717, 1.165) is 5.56 Å². The Morgan fingerprint density at radius 2 is 1.58 bits per heavy atom. The number of hydrogen-bond donors (Lipinski definition) is 1. The average molecular weight is 507 g/mol. The maximum Gasteiger partial charge on any atom is 0.266 e. The maximum absolute atomic E-state index is 14.5. The van der Waals surface area contributed by atoms with E-state index < -0.39 is 17.4 Å². The minimum atomic E-state index is -1.15. The highest BCUT2D eigenvalue weighted by atomic mass is 16.5. The van der Waals surface area contributed by atoms with Crippen molar-refractivity contribution in [1.29, 1.82) is 0 Å². The van der Waals surface area contributed by atoms with Crippen molar-refractivity contribution in [1.82, 2.24) is 14.9 Å². The molecule has 2 fully saturated rings. The lowest BCUT2D eigenvalue weighted by Crippen LogP contribution is -2.51. The molecule has 190 valence electrons. The molecular weight excluding hydrogens is 480 g/mol. The maximum atomic E-state index is 14.5. The van der Waals surface area contributed by atoms with Crippen LogP contribution in [0.3, 0.4) is 0 Å². The summed E-state index contributed by atoms with van der Waals surface area (Å²) in [4.78, 5) is 48.7. The Morgan fingerprint density at radius 3 is 2.34 bits per heavy atom. The molecule has 3 aliphatic heterocycles. The van der Waals surface area contributed by atoms with E-state index in [1.165, 1.54) is 12.0 Å². The zero-order valence-electron chi connectivity index (χ0n) is 21.2. The molecular formula is C30H26N4O4. The molecule has 38 heavy (non-hydrogen) atoms. The molecule has 4 atom stereocenters. The van der Waals surface area contributed by atoms with E-state index in [9.17, 15) is 14.4 Å². The second-order valence-electron chi connectivity index (χ2n) is 10.5. The first-order valence-corrected chi connectivity index (χ1v) is 12.8. The van der Waals surface area contributed by atoms with Crippen LogP contribution in [0.4, 0.5) is 5.69 Å². The summed E-state index contributed by atoms with van der Waals surface area (Å²) in [6.07, 6.45) is 0. The molecule has 0 unspecified atom stereocenters. The number of rotatable bonds is 3. The van der Waals surface area contributed by atoms with Crippen molar-refractivity contribution in [3.05, 3.63) is 94.5 Å². The van der Waals surface area contributed by atoms with E-state index in [4.69, 9.17) is 9.72 Å². The largest absolute Gasteiger partial charge is 0.495 e. The number of carbonyl (C=O) groups excluding carboxylic acids is 2. The van der Waals surface area contributed by atoms with Crippen LogP contribution in [0.1, 0.15) is 25.2 Å². The number of hydrogen-bond acceptors (Lipinski definition) is 6. The van der Waals surface area contributed by atoms with Gasteiger partial charge in [0.05, 0.1) is 41.2 Å². The second-order valence-corrected chi connectivity index (χ2v) is 10.5. The number of anilines is 1. The number of nitrogens with zero attached hydrogens (tertiary/aromatic N) is 3. The third-order valence-corrected chi connectivity index (χ3v) is 8.34. The van der Waals surface area contributed by atoms with Gasteiger partial charge in [-0.15, -0.1) is 0 Å². The molecule has 1 N–H and O–H groups in total. The number of fused-ring (bicyclic) bond motifs is 8. The molecule has 1 spiro atoms. The Balaban J connectivity index is 1.54. The Labute approximate surface area is 218 Å². The predicted octanol–water partition coefficient (Wildman–Crippen LogP) is 3.38. The van der Waals surface area contributed by atoms with E-state index in [2.05, 4.69) is 5.32 Å². The van der Waals surface area contributed by atoms with E-state index in [1.54, 1.807) is 34.9 Å². The zero-order valence-corrected chi connectivity index (χ0v) is 21.2. The number of ether oxygens (including phenoxy) is 1. The number of methoxy groups -OCH3 is 1. The summed E-state index contributed by atoms with van der Waals surface area (Å²) < 4.78 is 7.14. The highest BCUT2D eigenvalue weighted by Gasteiger charge is 2.70. The van der Waals surface area contributed by atoms with Gasteiger partial charge in [-0.05, 0) is 36.2 Å². The number of amides is 2. The van der Waals surface area contributed by atoms with Crippen LogP contribution >= 0.6 is 0 Å². The van der Waals surface area contributed by atoms with E-state index >= 15 is 0 Å². The molecule has 0 bridgehead atoms. The molecule has 8 nitrogen and oxygen atoms in total. The fourth-order valence-corrected chi connectivity index (χ4v) is 6.78. The molecule has 8 heteroatoms. The van der Waals surface area contributed by atoms with Crippen LogP contribution in [0, 0.1) is 17.8 Å². The van der Waals surface area contributed by atoms with Crippen LogP contribution in [-0.2, 0) is 15.1 Å². The number of nitrogens with one attached hydrogen (secondary N) is 1. The molecule has 1 aromatic heterocycles. The van der Waals surface area contributed by atoms with Gasteiger partial charge >= 0.3 is 0 Å². The lowest BCUT2D eigenvalue weighted by molar-refractivity contribution is -0.123. The minimum Gasteiger partial charge on any atom is -0.495 e. The summed E-state index contributed by atoms with van der Waals surface area (Å²) in [6.45, 7) is 4.08.